The van der Waals surface area contributed by atoms with Crippen LogP contribution < -0.4 is 0 Å². The van der Waals surface area contributed by atoms with Crippen molar-refractivity contribution in [3.05, 3.63) is 169 Å². The van der Waals surface area contributed by atoms with Crippen molar-refractivity contribution in [2.24, 2.45) is 0 Å². The average Bonchev–Trinajstić information content (AvgIpc) is 3.78. The van der Waals surface area contributed by atoms with Gasteiger partial charge in [-0.25, -0.2) is 0 Å². The molecule has 0 radical (unpaired) electrons. The van der Waals surface area contributed by atoms with Gasteiger partial charge in [0, 0.05) is 38.0 Å². The monoisotopic (exact) mass is 624 g/mol. The molecule has 0 N–H and O–H groups in total. The van der Waals surface area contributed by atoms with E-state index in [1.165, 1.54) is 93.3 Å². The van der Waals surface area contributed by atoms with Crippen LogP contribution in [0.3, 0.4) is 0 Å². The van der Waals surface area contributed by atoms with Crippen molar-refractivity contribution in [1.29, 1.82) is 0 Å². The summed E-state index contributed by atoms with van der Waals surface area (Å²) >= 11 is 0. The molecule has 3 heterocycles. The van der Waals surface area contributed by atoms with Gasteiger partial charge < -0.3 is 8.97 Å². The summed E-state index contributed by atoms with van der Waals surface area (Å²) in [5, 5.41) is 7.61. The first-order valence-electron chi connectivity index (χ1n) is 17.2. The molecule has 1 aliphatic carbocycles. The number of para-hydroxylation sites is 2. The summed E-state index contributed by atoms with van der Waals surface area (Å²) in [6, 6.07) is 58.7. The van der Waals surface area contributed by atoms with Gasteiger partial charge in [0.05, 0.1) is 27.6 Å². The topological polar surface area (TPSA) is 9.34 Å². The van der Waals surface area contributed by atoms with Crippen LogP contribution in [-0.2, 0) is 5.41 Å². The van der Waals surface area contributed by atoms with Gasteiger partial charge in [0.2, 0.25) is 0 Å². The molecule has 1 aliphatic rings. The Morgan fingerprint density at radius 3 is 1.90 bits per heavy atom. The first-order valence-corrected chi connectivity index (χ1v) is 17.2. The Morgan fingerprint density at radius 1 is 0.408 bits per heavy atom. The molecule has 3 aromatic heterocycles. The van der Waals surface area contributed by atoms with Crippen LogP contribution in [0.5, 0.6) is 0 Å². The number of pyridine rings is 1. The lowest BCUT2D eigenvalue weighted by molar-refractivity contribution is 0.660. The first-order chi connectivity index (χ1) is 24.1. The Kier molecular flexibility index (Phi) is 5.21. The summed E-state index contributed by atoms with van der Waals surface area (Å²) in [5.74, 6) is 0. The van der Waals surface area contributed by atoms with Crippen LogP contribution in [-0.4, -0.2) is 8.97 Å². The third-order valence-electron chi connectivity index (χ3n) is 11.3. The van der Waals surface area contributed by atoms with E-state index in [-0.39, 0.29) is 5.41 Å². The number of benzene rings is 7. The van der Waals surface area contributed by atoms with Crippen LogP contribution in [0.15, 0.2) is 158 Å². The molecule has 0 saturated carbocycles. The molecule has 0 unspecified atom stereocenters. The summed E-state index contributed by atoms with van der Waals surface area (Å²) in [5.41, 5.74) is 15.3. The van der Waals surface area contributed by atoms with E-state index in [1.807, 2.05) is 0 Å². The molecule has 0 fully saturated rings. The third kappa shape index (κ3) is 3.50. The molecule has 2 nitrogen and oxygen atoms in total. The van der Waals surface area contributed by atoms with E-state index in [0.717, 1.165) is 5.69 Å². The fourth-order valence-corrected chi connectivity index (χ4v) is 9.02. The molecule has 11 rings (SSSR count). The Labute approximate surface area is 284 Å². The molecule has 0 spiro atoms. The zero-order valence-electron chi connectivity index (χ0n) is 27.4. The zero-order chi connectivity index (χ0) is 32.4. The van der Waals surface area contributed by atoms with E-state index >= 15 is 0 Å². The second-order valence-electron chi connectivity index (χ2n) is 14.2. The van der Waals surface area contributed by atoms with Gasteiger partial charge in [0.15, 0.2) is 0 Å². The highest BCUT2D eigenvalue weighted by Gasteiger charge is 2.35. The van der Waals surface area contributed by atoms with Crippen LogP contribution in [0.2, 0.25) is 0 Å². The SMILES string of the molecule is CC1(C)c2ccccc2-c2cc(-c3cccc(-n4c5ccccc5c5ccc6cc7c8ccccc8c8ccccc8n7c6c54)c3)ccc21. The summed E-state index contributed by atoms with van der Waals surface area (Å²) in [6.45, 7) is 4.69. The smallest absolute Gasteiger partial charge is 0.0788 e. The Hall–Kier alpha value is -6.12. The maximum Gasteiger partial charge on any atom is 0.0788 e. The molecule has 0 saturated heterocycles. The fraction of sp³-hybridized carbons (Fsp3) is 0.0638. The number of nitrogens with zero attached hydrogens (tertiary/aromatic N) is 2. The maximum atomic E-state index is 2.51. The highest BCUT2D eigenvalue weighted by Crippen LogP contribution is 2.49. The van der Waals surface area contributed by atoms with Gasteiger partial charge in [0.1, 0.15) is 0 Å². The lowest BCUT2D eigenvalue weighted by Gasteiger charge is -2.21. The van der Waals surface area contributed by atoms with Crippen LogP contribution >= 0.6 is 0 Å². The molecule has 0 bridgehead atoms. The lowest BCUT2D eigenvalue weighted by Crippen LogP contribution is -2.14. The highest BCUT2D eigenvalue weighted by molar-refractivity contribution is 6.22. The second kappa shape index (κ2) is 9.49. The molecular weight excluding hydrogens is 593 g/mol. The lowest BCUT2D eigenvalue weighted by atomic mass is 9.82. The van der Waals surface area contributed by atoms with Crippen molar-refractivity contribution in [3.63, 3.8) is 0 Å². The van der Waals surface area contributed by atoms with Crippen LogP contribution in [0, 0.1) is 0 Å². The first kappa shape index (κ1) is 26.9. The molecular formula is C47H32N2. The number of hydrogen-bond donors (Lipinski definition) is 0. The van der Waals surface area contributed by atoms with Crippen molar-refractivity contribution >= 4 is 59.9 Å². The van der Waals surface area contributed by atoms with Crippen molar-refractivity contribution in [3.8, 4) is 27.9 Å². The molecule has 230 valence electrons. The quantitative estimate of drug-likeness (QED) is 0.169. The maximum absolute atomic E-state index is 2.51. The van der Waals surface area contributed by atoms with Crippen LogP contribution in [0.4, 0.5) is 0 Å². The van der Waals surface area contributed by atoms with E-state index in [0.29, 0.717) is 0 Å². The zero-order valence-corrected chi connectivity index (χ0v) is 27.4. The standard InChI is InChI=1S/C47H32N2/c1-47(2)40-19-8-5-15-34(40)39-27-30(23-25-41(39)47)29-12-11-13-32(26-29)48-42-20-9-7-18-37(42)38-24-22-31-28-44-36-17-4-3-14-33(36)35-16-6-10-21-43(35)49(44)45(31)46(38)48/h3-28H,1-2H3. The molecule has 10 aromatic rings. The molecule has 49 heavy (non-hydrogen) atoms. The number of rotatable bonds is 2. The second-order valence-corrected chi connectivity index (χ2v) is 14.2. The van der Waals surface area contributed by atoms with Gasteiger partial charge in [-0.2, -0.15) is 0 Å². The van der Waals surface area contributed by atoms with E-state index in [4.69, 9.17) is 0 Å². The minimum Gasteiger partial charge on any atom is -0.307 e. The normalized spacial score (nSPS) is 13.7. The van der Waals surface area contributed by atoms with Crippen molar-refractivity contribution in [2.45, 2.75) is 19.3 Å². The van der Waals surface area contributed by atoms with Crippen LogP contribution in [0.1, 0.15) is 25.0 Å². The molecule has 0 amide bonds. The van der Waals surface area contributed by atoms with Gasteiger partial charge in [-0.1, -0.05) is 135 Å². The summed E-state index contributed by atoms with van der Waals surface area (Å²) in [4.78, 5) is 0. The number of aromatic nitrogens is 2. The van der Waals surface area contributed by atoms with E-state index in [1.54, 1.807) is 0 Å². The van der Waals surface area contributed by atoms with E-state index < -0.39 is 0 Å². The Morgan fingerprint density at radius 2 is 1.06 bits per heavy atom. The summed E-state index contributed by atoms with van der Waals surface area (Å²) in [7, 11) is 0. The number of hydrogen-bond acceptors (Lipinski definition) is 0. The third-order valence-corrected chi connectivity index (χ3v) is 11.3. The van der Waals surface area contributed by atoms with Gasteiger partial charge >= 0.3 is 0 Å². The van der Waals surface area contributed by atoms with Gasteiger partial charge in [-0.05, 0) is 75.2 Å². The Balaban J connectivity index is 1.22. The van der Waals surface area contributed by atoms with Gasteiger partial charge in [-0.15, -0.1) is 0 Å². The van der Waals surface area contributed by atoms with Gasteiger partial charge in [0.25, 0.3) is 0 Å². The molecule has 7 aromatic carbocycles. The highest BCUT2D eigenvalue weighted by atomic mass is 15.0. The average molecular weight is 625 g/mol. The molecule has 0 atom stereocenters. The molecule has 2 heteroatoms. The predicted molar refractivity (Wildman–Crippen MR) is 207 cm³/mol. The fourth-order valence-electron chi connectivity index (χ4n) is 9.02. The number of fused-ring (bicyclic) bond motifs is 15. The predicted octanol–water partition coefficient (Wildman–Crippen LogP) is 12.5. The Bertz CT molecular complexity index is 3020. The summed E-state index contributed by atoms with van der Waals surface area (Å²) < 4.78 is 5.01. The van der Waals surface area contributed by atoms with Crippen molar-refractivity contribution in [2.75, 3.05) is 0 Å². The van der Waals surface area contributed by atoms with Crippen molar-refractivity contribution in [1.82, 2.24) is 8.97 Å². The minimum atomic E-state index is -0.00384. The van der Waals surface area contributed by atoms with Gasteiger partial charge in [-0.3, -0.25) is 0 Å². The van der Waals surface area contributed by atoms with Crippen LogP contribution in [0.25, 0.3) is 87.8 Å². The minimum absolute atomic E-state index is 0.00384. The summed E-state index contributed by atoms with van der Waals surface area (Å²) in [6.07, 6.45) is 0. The van der Waals surface area contributed by atoms with E-state index in [9.17, 15) is 0 Å². The van der Waals surface area contributed by atoms with Crippen molar-refractivity contribution < 1.29 is 0 Å². The van der Waals surface area contributed by atoms with E-state index in [2.05, 4.69) is 181 Å². The largest absolute Gasteiger partial charge is 0.307 e. The molecule has 0 aliphatic heterocycles.